The first-order valence-electron chi connectivity index (χ1n) is 37.5. The minimum atomic E-state index is -4.71. The summed E-state index contributed by atoms with van der Waals surface area (Å²) in [6.07, 6.45) is -3.47. The van der Waals surface area contributed by atoms with Crippen molar-refractivity contribution in [3.8, 4) is 0 Å². The molecule has 0 aliphatic rings. The monoisotopic (exact) mass is 2020 g/mol. The Morgan fingerprint density at radius 2 is 0.257 bits per heavy atom. The fraction of sp³-hybridized carbons (Fsp3) is 0.824. The van der Waals surface area contributed by atoms with Gasteiger partial charge in [0.2, 0.25) is 0 Å². The molecule has 632 valence electrons. The summed E-state index contributed by atoms with van der Waals surface area (Å²) >= 11 is -18.8. The van der Waals surface area contributed by atoms with Crippen molar-refractivity contribution in [3.05, 3.63) is 0 Å². The molecule has 36 nitrogen and oxygen atoms in total. The SMILES string of the molecule is O=C(C[CH2][Sn]([CH2]CC(=O)OCCO)([CH2]CC(=O)OCCO)[CH2]C[Si](C[CH2][Sn]([CH2]CC(=O)OCCO)([CH2]CC(=O)OCCO)[CH2]CC(=O)OCCO)(C[CH2][Sn]([CH2]CC(=O)OCCO)([CH2]CC(=O)OCCO)[CH2]CC(=O)OCCO)C[CH2][Sn]([CH2]CC(=O)OCCO)([CH2]CC(=O)OCCO)[CH2]CC(=O)OCCO)OCCO. The Kier molecular flexibility index (Phi) is 63.7. The number of hydrogen-bond acceptors (Lipinski definition) is 36. The summed E-state index contributed by atoms with van der Waals surface area (Å²) < 4.78 is 66.5. The Labute approximate surface area is 654 Å². The molecule has 0 atom stereocenters. The molecular formula is C68H124O36SiSn4. The number of carbonyl (C=O) groups is 12. The molecule has 0 bridgehead atoms. The van der Waals surface area contributed by atoms with Crippen LogP contribution in [0, 0.1) is 0 Å². The maximum absolute atomic E-state index is 13.8. The molecule has 0 saturated heterocycles. The molecule has 0 heterocycles. The van der Waals surface area contributed by atoms with E-state index in [0.29, 0.717) is 0 Å². The molecule has 0 fully saturated rings. The third-order valence-corrected chi connectivity index (χ3v) is 90.1. The van der Waals surface area contributed by atoms with Crippen LogP contribution in [0.25, 0.3) is 0 Å². The minimum absolute atomic E-state index is 0.0745. The fourth-order valence-corrected chi connectivity index (χ4v) is 97.4. The molecule has 0 amide bonds. The molecule has 0 aromatic carbocycles. The van der Waals surface area contributed by atoms with Gasteiger partial charge in [0.1, 0.15) is 0 Å². The average molecular weight is 2020 g/mol. The molecule has 0 aliphatic heterocycles. The van der Waals surface area contributed by atoms with Crippen LogP contribution >= 0.6 is 0 Å². The van der Waals surface area contributed by atoms with E-state index in [9.17, 15) is 119 Å². The Balaban J connectivity index is 10.6. The summed E-state index contributed by atoms with van der Waals surface area (Å²) in [5.74, 6) is -8.90. The van der Waals surface area contributed by atoms with E-state index in [0.717, 1.165) is 0 Å². The summed E-state index contributed by atoms with van der Waals surface area (Å²) in [5.41, 5.74) is 0. The number of esters is 12. The van der Waals surface area contributed by atoms with E-state index in [1.165, 1.54) is 0 Å². The molecule has 0 aromatic rings. The summed E-state index contributed by atoms with van der Waals surface area (Å²) in [4.78, 5) is 166. The third-order valence-electron chi connectivity index (χ3n) is 19.3. The molecule has 0 rings (SSSR count). The van der Waals surface area contributed by atoms with E-state index in [4.69, 9.17) is 56.8 Å². The summed E-state index contributed by atoms with van der Waals surface area (Å²) in [6, 6.07) is 0.829. The average Bonchev–Trinajstić information content (AvgIpc) is 0.797. The Bertz CT molecular complexity index is 2010. The number of hydrogen-bond donors (Lipinski definition) is 12. The third kappa shape index (κ3) is 52.6. The Morgan fingerprint density at radius 1 is 0.165 bits per heavy atom. The van der Waals surface area contributed by atoms with Gasteiger partial charge in [0.25, 0.3) is 0 Å². The van der Waals surface area contributed by atoms with Gasteiger partial charge in [0.05, 0.1) is 0 Å². The second kappa shape index (κ2) is 65.8. The van der Waals surface area contributed by atoms with E-state index in [1.807, 2.05) is 0 Å². The topological polar surface area (TPSA) is 558 Å². The van der Waals surface area contributed by atoms with Crippen LogP contribution in [0.3, 0.4) is 0 Å². The van der Waals surface area contributed by atoms with Crippen LogP contribution in [-0.2, 0) is 114 Å². The quantitative estimate of drug-likeness (QED) is 0.0222. The van der Waals surface area contributed by atoms with Gasteiger partial charge in [-0.15, -0.1) is 0 Å². The number of aliphatic hydroxyl groups is 12. The van der Waals surface area contributed by atoms with E-state index >= 15 is 0 Å². The van der Waals surface area contributed by atoms with Crippen molar-refractivity contribution in [1.29, 1.82) is 0 Å². The zero-order valence-corrected chi connectivity index (χ0v) is 75.7. The zero-order chi connectivity index (χ0) is 81.5. The van der Waals surface area contributed by atoms with Crippen molar-refractivity contribution < 1.29 is 176 Å². The van der Waals surface area contributed by atoms with Crippen molar-refractivity contribution in [2.45, 2.75) is 172 Å². The standard InChI is InChI=1S/C8H16Si.12C5H9O3.4Sn/c1-5-9(6-2,7-3)8-4;12*1-2-5(7)8-4-3-6;;;;/h1-8H2;12*6H,1-4H2;;;;. The number of aliphatic hydroxyl groups excluding tert-OH is 12. The molecule has 41 heteroatoms. The predicted octanol–water partition coefficient (Wildman–Crippen LogP) is 0.338. The Hall–Kier alpha value is -3.43. The fourth-order valence-electron chi connectivity index (χ4n) is 13.1. The molecule has 0 aliphatic carbocycles. The zero-order valence-electron chi connectivity index (χ0n) is 63.3. The molecule has 109 heavy (non-hydrogen) atoms. The van der Waals surface area contributed by atoms with Gasteiger partial charge < -0.3 is 0 Å². The first kappa shape index (κ1) is 106. The van der Waals surface area contributed by atoms with Gasteiger partial charge in [-0.3, -0.25) is 0 Å². The van der Waals surface area contributed by atoms with Crippen LogP contribution in [0.1, 0.15) is 77.0 Å². The number of rotatable bonds is 72. The molecule has 0 saturated carbocycles. The van der Waals surface area contributed by atoms with Gasteiger partial charge in [-0.05, 0) is 0 Å². The van der Waals surface area contributed by atoms with E-state index in [1.54, 1.807) is 0 Å². The molecule has 0 unspecified atom stereocenters. The van der Waals surface area contributed by atoms with Crippen LogP contribution in [0.5, 0.6) is 0 Å². The van der Waals surface area contributed by atoms with Crippen molar-refractivity contribution in [2.24, 2.45) is 0 Å². The van der Waals surface area contributed by atoms with Crippen molar-refractivity contribution in [3.63, 3.8) is 0 Å². The van der Waals surface area contributed by atoms with Gasteiger partial charge in [-0.1, -0.05) is 0 Å². The molecule has 0 radical (unpaired) electrons. The van der Waals surface area contributed by atoms with Gasteiger partial charge in [0, 0.05) is 0 Å². The number of carbonyl (C=O) groups excluding carboxylic acids is 12. The molecule has 0 spiro atoms. The van der Waals surface area contributed by atoms with Gasteiger partial charge >= 0.3 is 660 Å². The normalized spacial score (nSPS) is 11.8. The van der Waals surface area contributed by atoms with Gasteiger partial charge in [-0.25, -0.2) is 0 Å². The number of ether oxygens (including phenoxy) is 12. The molecular weight excluding hydrogens is 1900 g/mol. The summed E-state index contributed by atoms with van der Waals surface area (Å²) in [5, 5.41) is 117. The first-order valence-corrected chi connectivity index (χ1v) is 72.6. The van der Waals surface area contributed by atoms with E-state index in [-0.39, 0.29) is 251 Å². The van der Waals surface area contributed by atoms with Crippen LogP contribution in [-0.4, -0.2) is 373 Å². The van der Waals surface area contributed by atoms with Crippen molar-refractivity contribution in [2.75, 3.05) is 159 Å². The van der Waals surface area contributed by atoms with E-state index < -0.39 is 232 Å². The van der Waals surface area contributed by atoms with E-state index in [2.05, 4.69) is 0 Å². The maximum atomic E-state index is 13.8. The second-order valence-electron chi connectivity index (χ2n) is 26.8. The predicted molar refractivity (Wildman–Crippen MR) is 397 cm³/mol. The molecule has 12 N–H and O–H groups in total. The first-order chi connectivity index (χ1) is 52.3. The van der Waals surface area contributed by atoms with Crippen LogP contribution in [0.2, 0.25) is 95.2 Å². The Morgan fingerprint density at radius 3 is 0.339 bits per heavy atom. The van der Waals surface area contributed by atoms with Crippen LogP contribution < -0.4 is 0 Å². The van der Waals surface area contributed by atoms with Gasteiger partial charge in [-0.2, -0.15) is 0 Å². The summed E-state index contributed by atoms with van der Waals surface area (Å²) in [7, 11) is -3.74. The van der Waals surface area contributed by atoms with Crippen molar-refractivity contribution >= 4 is 153 Å². The summed E-state index contributed by atoms with van der Waals surface area (Å²) in [6.45, 7) is -11.2. The van der Waals surface area contributed by atoms with Crippen molar-refractivity contribution in [1.82, 2.24) is 0 Å². The second-order valence-corrected chi connectivity index (χ2v) is 88.9. The van der Waals surface area contributed by atoms with Gasteiger partial charge in [0.15, 0.2) is 0 Å². The van der Waals surface area contributed by atoms with Crippen LogP contribution in [0.4, 0.5) is 0 Å². The van der Waals surface area contributed by atoms with Crippen LogP contribution in [0.15, 0.2) is 0 Å². The molecule has 0 aromatic heterocycles.